The number of halogens is 2. The third-order valence-corrected chi connectivity index (χ3v) is 3.13. The lowest BCUT2D eigenvalue weighted by molar-refractivity contribution is -0.122. The van der Waals surface area contributed by atoms with Gasteiger partial charge >= 0.3 is 0 Å². The van der Waals surface area contributed by atoms with Crippen molar-refractivity contribution in [1.29, 1.82) is 0 Å². The standard InChI is InChI=1S/C15H20F2O/c1-3-6-11(7-4-2)14(18)10-12-8-5-9-13(16)15(12)17/h5,8-9,11H,3-4,6-7,10H2,1-2H3. The van der Waals surface area contributed by atoms with Crippen LogP contribution in [0.25, 0.3) is 0 Å². The Morgan fingerprint density at radius 3 is 2.33 bits per heavy atom. The zero-order chi connectivity index (χ0) is 13.5. The largest absolute Gasteiger partial charge is 0.299 e. The molecule has 3 heteroatoms. The summed E-state index contributed by atoms with van der Waals surface area (Å²) in [5.74, 6) is -1.79. The van der Waals surface area contributed by atoms with E-state index in [1.54, 1.807) is 0 Å². The third kappa shape index (κ3) is 3.90. The molecule has 0 saturated carbocycles. The first-order valence-electron chi connectivity index (χ1n) is 6.55. The first-order chi connectivity index (χ1) is 8.60. The van der Waals surface area contributed by atoms with Gasteiger partial charge in [0.05, 0.1) is 0 Å². The summed E-state index contributed by atoms with van der Waals surface area (Å²) < 4.78 is 26.5. The molecule has 1 nitrogen and oxygen atoms in total. The number of rotatable bonds is 7. The number of hydrogen-bond acceptors (Lipinski definition) is 1. The van der Waals surface area contributed by atoms with Crippen molar-refractivity contribution in [2.45, 2.75) is 46.0 Å². The van der Waals surface area contributed by atoms with Crippen LogP contribution in [0.3, 0.4) is 0 Å². The molecule has 0 atom stereocenters. The van der Waals surface area contributed by atoms with Crippen LogP contribution in [-0.2, 0) is 11.2 Å². The van der Waals surface area contributed by atoms with Gasteiger partial charge in [-0.3, -0.25) is 4.79 Å². The molecular formula is C15H20F2O. The van der Waals surface area contributed by atoms with Gasteiger partial charge in [0.1, 0.15) is 5.78 Å². The van der Waals surface area contributed by atoms with Gasteiger partial charge in [0.2, 0.25) is 0 Å². The van der Waals surface area contributed by atoms with E-state index in [-0.39, 0.29) is 23.7 Å². The molecule has 0 bridgehead atoms. The number of carbonyl (C=O) groups is 1. The number of hydrogen-bond donors (Lipinski definition) is 0. The minimum absolute atomic E-state index is 0.00569. The van der Waals surface area contributed by atoms with Crippen LogP contribution in [0, 0.1) is 17.6 Å². The highest BCUT2D eigenvalue weighted by Gasteiger charge is 2.19. The minimum Gasteiger partial charge on any atom is -0.299 e. The molecular weight excluding hydrogens is 234 g/mol. The van der Waals surface area contributed by atoms with Crippen LogP contribution >= 0.6 is 0 Å². The van der Waals surface area contributed by atoms with E-state index in [0.29, 0.717) is 0 Å². The first-order valence-corrected chi connectivity index (χ1v) is 6.55. The van der Waals surface area contributed by atoms with Crippen molar-refractivity contribution in [3.63, 3.8) is 0 Å². The van der Waals surface area contributed by atoms with Gasteiger partial charge in [-0.25, -0.2) is 8.78 Å². The molecule has 1 aromatic rings. The van der Waals surface area contributed by atoms with E-state index < -0.39 is 11.6 Å². The monoisotopic (exact) mass is 254 g/mol. The van der Waals surface area contributed by atoms with E-state index >= 15 is 0 Å². The van der Waals surface area contributed by atoms with Crippen LogP contribution in [0.4, 0.5) is 8.78 Å². The summed E-state index contributed by atoms with van der Waals surface area (Å²) in [6, 6.07) is 3.99. The van der Waals surface area contributed by atoms with Gasteiger partial charge in [0.15, 0.2) is 11.6 Å². The molecule has 0 aliphatic heterocycles. The lowest BCUT2D eigenvalue weighted by Gasteiger charge is -2.14. The fourth-order valence-electron chi connectivity index (χ4n) is 2.18. The minimum atomic E-state index is -0.891. The number of ketones is 1. The van der Waals surface area contributed by atoms with Gasteiger partial charge < -0.3 is 0 Å². The molecule has 0 aromatic heterocycles. The lowest BCUT2D eigenvalue weighted by atomic mass is 9.90. The molecule has 0 aliphatic carbocycles. The van der Waals surface area contributed by atoms with E-state index in [1.807, 2.05) is 13.8 Å². The maximum absolute atomic E-state index is 13.5. The van der Waals surface area contributed by atoms with Crippen molar-refractivity contribution in [1.82, 2.24) is 0 Å². The smallest absolute Gasteiger partial charge is 0.162 e. The normalized spacial score (nSPS) is 10.9. The Morgan fingerprint density at radius 2 is 1.78 bits per heavy atom. The summed E-state index contributed by atoms with van der Waals surface area (Å²) >= 11 is 0. The summed E-state index contributed by atoms with van der Waals surface area (Å²) in [6.45, 7) is 4.05. The maximum Gasteiger partial charge on any atom is 0.162 e. The Balaban J connectivity index is 2.75. The van der Waals surface area contributed by atoms with Crippen molar-refractivity contribution >= 4 is 5.78 Å². The predicted octanol–water partition coefficient (Wildman–Crippen LogP) is 4.29. The van der Waals surface area contributed by atoms with E-state index in [4.69, 9.17) is 0 Å². The highest BCUT2D eigenvalue weighted by molar-refractivity contribution is 5.83. The molecule has 0 N–H and O–H groups in total. The van der Waals surface area contributed by atoms with Gasteiger partial charge in [-0.2, -0.15) is 0 Å². The molecule has 1 aromatic carbocycles. The van der Waals surface area contributed by atoms with Crippen LogP contribution in [0.1, 0.15) is 45.1 Å². The van der Waals surface area contributed by atoms with Crippen LogP contribution in [0.5, 0.6) is 0 Å². The zero-order valence-corrected chi connectivity index (χ0v) is 11.0. The second-order valence-corrected chi connectivity index (χ2v) is 4.63. The Hall–Kier alpha value is -1.25. The molecule has 0 saturated heterocycles. The molecule has 0 unspecified atom stereocenters. The second kappa shape index (κ2) is 7.24. The van der Waals surface area contributed by atoms with Crippen molar-refractivity contribution < 1.29 is 13.6 Å². The van der Waals surface area contributed by atoms with Crippen LogP contribution < -0.4 is 0 Å². The number of benzene rings is 1. The van der Waals surface area contributed by atoms with Gasteiger partial charge in [0.25, 0.3) is 0 Å². The zero-order valence-electron chi connectivity index (χ0n) is 11.0. The van der Waals surface area contributed by atoms with Crippen molar-refractivity contribution in [2.24, 2.45) is 5.92 Å². The Kier molecular flexibility index (Phi) is 5.96. The number of carbonyl (C=O) groups excluding carboxylic acids is 1. The summed E-state index contributed by atoms with van der Waals surface area (Å²) in [7, 11) is 0. The number of Topliss-reactive ketones (excluding diaryl/α,β-unsaturated/α-hetero) is 1. The average Bonchev–Trinajstić information content (AvgIpc) is 2.34. The molecule has 0 aliphatic rings. The van der Waals surface area contributed by atoms with Crippen LogP contribution in [-0.4, -0.2) is 5.78 Å². The summed E-state index contributed by atoms with van der Waals surface area (Å²) in [5.41, 5.74) is 0.164. The Morgan fingerprint density at radius 1 is 1.17 bits per heavy atom. The Labute approximate surface area is 107 Å². The van der Waals surface area contributed by atoms with Crippen LogP contribution in [0.15, 0.2) is 18.2 Å². The molecule has 0 fully saturated rings. The second-order valence-electron chi connectivity index (χ2n) is 4.63. The molecule has 0 heterocycles. The lowest BCUT2D eigenvalue weighted by Crippen LogP contribution is -2.17. The average molecular weight is 254 g/mol. The van der Waals surface area contributed by atoms with E-state index in [2.05, 4.69) is 0 Å². The van der Waals surface area contributed by atoms with Crippen molar-refractivity contribution in [3.05, 3.63) is 35.4 Å². The maximum atomic E-state index is 13.5. The van der Waals surface area contributed by atoms with E-state index in [1.165, 1.54) is 12.1 Å². The fraction of sp³-hybridized carbons (Fsp3) is 0.533. The summed E-state index contributed by atoms with van der Waals surface area (Å²) in [4.78, 5) is 12.1. The van der Waals surface area contributed by atoms with Crippen molar-refractivity contribution in [3.8, 4) is 0 Å². The predicted molar refractivity (Wildman–Crippen MR) is 68.4 cm³/mol. The molecule has 18 heavy (non-hydrogen) atoms. The van der Waals surface area contributed by atoms with Crippen LogP contribution in [0.2, 0.25) is 0 Å². The molecule has 100 valence electrons. The molecule has 0 amide bonds. The third-order valence-electron chi connectivity index (χ3n) is 3.13. The summed E-state index contributed by atoms with van der Waals surface area (Å²) in [5, 5.41) is 0. The molecule has 1 rings (SSSR count). The van der Waals surface area contributed by atoms with E-state index in [0.717, 1.165) is 31.7 Å². The molecule has 0 radical (unpaired) electrons. The topological polar surface area (TPSA) is 17.1 Å². The van der Waals surface area contributed by atoms with Gasteiger partial charge in [0, 0.05) is 12.3 Å². The van der Waals surface area contributed by atoms with Crippen molar-refractivity contribution in [2.75, 3.05) is 0 Å². The summed E-state index contributed by atoms with van der Waals surface area (Å²) in [6.07, 6.45) is 3.51. The van der Waals surface area contributed by atoms with Gasteiger partial charge in [-0.1, -0.05) is 38.8 Å². The van der Waals surface area contributed by atoms with Gasteiger partial charge in [-0.15, -0.1) is 0 Å². The SMILES string of the molecule is CCCC(CCC)C(=O)Cc1cccc(F)c1F. The highest BCUT2D eigenvalue weighted by atomic mass is 19.2. The highest BCUT2D eigenvalue weighted by Crippen LogP contribution is 2.19. The fourth-order valence-corrected chi connectivity index (χ4v) is 2.18. The van der Waals surface area contributed by atoms with Gasteiger partial charge in [-0.05, 0) is 24.5 Å². The first kappa shape index (κ1) is 14.8. The molecule has 0 spiro atoms. The quantitative estimate of drug-likeness (QED) is 0.709. The van der Waals surface area contributed by atoms with E-state index in [9.17, 15) is 13.6 Å². The Bertz CT molecular complexity index is 395.